The molecule has 1 saturated carbocycles. The lowest BCUT2D eigenvalue weighted by Gasteiger charge is -2.42. The van der Waals surface area contributed by atoms with Gasteiger partial charge in [-0.15, -0.1) is 0 Å². The molecule has 9 heteroatoms. The molecule has 3 rings (SSSR count). The molecule has 156 valence electrons. The van der Waals surface area contributed by atoms with Crippen LogP contribution >= 0.6 is 0 Å². The predicted molar refractivity (Wildman–Crippen MR) is 98.9 cm³/mol. The van der Waals surface area contributed by atoms with Gasteiger partial charge in [0.15, 0.2) is 0 Å². The molecule has 0 spiro atoms. The van der Waals surface area contributed by atoms with E-state index >= 15 is 0 Å². The van der Waals surface area contributed by atoms with Gasteiger partial charge in [0, 0.05) is 18.3 Å². The standard InChI is InChI=1S/C19H27BF4N2O2/c1-16(2)7-12(8-16)10-26-11-13(9-25-26)14(19(22,23)24)15(21)20-27-17(3,4)18(5,6)28-20/h9,11-12H,7-8,10H2,1-6H3. The normalized spacial score (nSPS) is 24.9. The fraction of sp³-hybridized carbons (Fsp3) is 0.737. The zero-order valence-electron chi connectivity index (χ0n) is 17.2. The first-order chi connectivity index (χ1) is 12.6. The summed E-state index contributed by atoms with van der Waals surface area (Å²) in [7, 11) is -1.71. The number of halogens is 4. The Morgan fingerprint density at radius 3 is 2.14 bits per heavy atom. The quantitative estimate of drug-likeness (QED) is 0.514. The molecule has 2 heterocycles. The molecule has 0 aromatic carbocycles. The molecule has 4 nitrogen and oxygen atoms in total. The Kier molecular flexibility index (Phi) is 5.03. The van der Waals surface area contributed by atoms with Gasteiger partial charge in [0.1, 0.15) is 5.73 Å². The lowest BCUT2D eigenvalue weighted by Crippen LogP contribution is -2.41. The van der Waals surface area contributed by atoms with E-state index in [1.807, 2.05) is 0 Å². The van der Waals surface area contributed by atoms with Crippen LogP contribution in [-0.2, 0) is 15.9 Å². The van der Waals surface area contributed by atoms with Crippen LogP contribution in [-0.4, -0.2) is 34.3 Å². The monoisotopic (exact) mass is 402 g/mol. The van der Waals surface area contributed by atoms with Crippen molar-refractivity contribution in [1.82, 2.24) is 9.78 Å². The third-order valence-corrected chi connectivity index (χ3v) is 6.03. The summed E-state index contributed by atoms with van der Waals surface area (Å²) < 4.78 is 68.4. The number of hydrogen-bond acceptors (Lipinski definition) is 3. The van der Waals surface area contributed by atoms with Crippen LogP contribution in [0.15, 0.2) is 18.1 Å². The molecule has 2 aliphatic rings. The first-order valence-corrected chi connectivity index (χ1v) is 9.47. The summed E-state index contributed by atoms with van der Waals surface area (Å²) >= 11 is 0. The largest absolute Gasteiger partial charge is 0.525 e. The van der Waals surface area contributed by atoms with Crippen molar-refractivity contribution in [2.24, 2.45) is 11.3 Å². The van der Waals surface area contributed by atoms with E-state index in [2.05, 4.69) is 18.9 Å². The van der Waals surface area contributed by atoms with E-state index in [0.29, 0.717) is 12.5 Å². The summed E-state index contributed by atoms with van der Waals surface area (Å²) in [6.07, 6.45) is -0.616. The van der Waals surface area contributed by atoms with Crippen molar-refractivity contribution in [2.45, 2.75) is 78.3 Å². The van der Waals surface area contributed by atoms with Crippen molar-refractivity contribution >= 4 is 12.7 Å². The number of nitrogens with zero attached hydrogens (tertiary/aromatic N) is 2. The minimum atomic E-state index is -4.90. The Bertz CT molecular complexity index is 759. The fourth-order valence-electron chi connectivity index (χ4n) is 3.99. The summed E-state index contributed by atoms with van der Waals surface area (Å²) in [6, 6.07) is 0. The second-order valence-electron chi connectivity index (χ2n) is 9.70. The maximum Gasteiger partial charge on any atom is 0.525 e. The second-order valence-corrected chi connectivity index (χ2v) is 9.70. The molecule has 1 saturated heterocycles. The Morgan fingerprint density at radius 2 is 1.68 bits per heavy atom. The molecule has 1 aromatic heterocycles. The van der Waals surface area contributed by atoms with Crippen LogP contribution in [0.25, 0.3) is 5.57 Å². The van der Waals surface area contributed by atoms with Gasteiger partial charge in [0.25, 0.3) is 0 Å². The molecule has 28 heavy (non-hydrogen) atoms. The molecule has 0 N–H and O–H groups in total. The molecule has 0 bridgehead atoms. The highest BCUT2D eigenvalue weighted by molar-refractivity contribution is 6.55. The van der Waals surface area contributed by atoms with Crippen LogP contribution in [0.3, 0.4) is 0 Å². The third-order valence-electron chi connectivity index (χ3n) is 6.03. The predicted octanol–water partition coefficient (Wildman–Crippen LogP) is 5.19. The van der Waals surface area contributed by atoms with Crippen molar-refractivity contribution in [3.8, 4) is 0 Å². The van der Waals surface area contributed by atoms with Crippen LogP contribution in [0, 0.1) is 11.3 Å². The van der Waals surface area contributed by atoms with Gasteiger partial charge in [-0.2, -0.15) is 18.3 Å². The summed E-state index contributed by atoms with van der Waals surface area (Å²) in [5.41, 5.74) is -4.81. The Balaban J connectivity index is 1.86. The fourth-order valence-corrected chi connectivity index (χ4v) is 3.99. The SMILES string of the molecule is CC1(C)CC(Cn2cc(C(=C(F)B3OC(C)(C)C(C)(C)O3)C(F)(F)F)cn2)C1. The van der Waals surface area contributed by atoms with Crippen LogP contribution in [0.1, 0.15) is 59.9 Å². The van der Waals surface area contributed by atoms with Crippen LogP contribution in [0.5, 0.6) is 0 Å². The lowest BCUT2D eigenvalue weighted by atomic mass is 9.64. The lowest BCUT2D eigenvalue weighted by molar-refractivity contribution is -0.0699. The third kappa shape index (κ3) is 4.01. The van der Waals surface area contributed by atoms with E-state index in [0.717, 1.165) is 19.0 Å². The average molecular weight is 402 g/mol. The van der Waals surface area contributed by atoms with Gasteiger partial charge < -0.3 is 9.31 Å². The number of rotatable bonds is 4. The zero-order chi connectivity index (χ0) is 21.1. The molecule has 0 atom stereocenters. The van der Waals surface area contributed by atoms with Crippen LogP contribution in [0.4, 0.5) is 17.6 Å². The van der Waals surface area contributed by atoms with E-state index in [4.69, 9.17) is 9.31 Å². The van der Waals surface area contributed by atoms with E-state index in [1.54, 1.807) is 27.7 Å². The summed E-state index contributed by atoms with van der Waals surface area (Å²) in [5, 5.41) is 4.02. The van der Waals surface area contributed by atoms with Crippen molar-refractivity contribution in [1.29, 1.82) is 0 Å². The Labute approximate surface area is 163 Å². The minimum Gasteiger partial charge on any atom is -0.398 e. The highest BCUT2D eigenvalue weighted by Gasteiger charge is 2.55. The van der Waals surface area contributed by atoms with Gasteiger partial charge in [-0.25, -0.2) is 4.39 Å². The smallest absolute Gasteiger partial charge is 0.398 e. The molecule has 2 fully saturated rings. The molecular weight excluding hydrogens is 375 g/mol. The van der Waals surface area contributed by atoms with Gasteiger partial charge in [0.2, 0.25) is 0 Å². The molecule has 0 radical (unpaired) electrons. The van der Waals surface area contributed by atoms with Gasteiger partial charge in [0.05, 0.1) is 23.0 Å². The summed E-state index contributed by atoms with van der Waals surface area (Å²) in [6.45, 7) is 11.5. The topological polar surface area (TPSA) is 36.3 Å². The number of hydrogen-bond donors (Lipinski definition) is 0. The molecule has 1 aliphatic carbocycles. The van der Waals surface area contributed by atoms with Crippen LogP contribution < -0.4 is 0 Å². The average Bonchev–Trinajstić information content (AvgIpc) is 2.98. The van der Waals surface area contributed by atoms with Crippen molar-refractivity contribution < 1.29 is 26.9 Å². The molecule has 1 aliphatic heterocycles. The van der Waals surface area contributed by atoms with E-state index in [-0.39, 0.29) is 11.0 Å². The van der Waals surface area contributed by atoms with E-state index in [1.165, 1.54) is 10.9 Å². The van der Waals surface area contributed by atoms with Gasteiger partial charge in [-0.3, -0.25) is 4.68 Å². The number of allylic oxidation sites excluding steroid dienone is 1. The van der Waals surface area contributed by atoms with Gasteiger partial charge >= 0.3 is 13.3 Å². The first-order valence-electron chi connectivity index (χ1n) is 9.47. The van der Waals surface area contributed by atoms with Gasteiger partial charge in [-0.1, -0.05) is 13.8 Å². The van der Waals surface area contributed by atoms with E-state index in [9.17, 15) is 17.6 Å². The number of aromatic nitrogens is 2. The van der Waals surface area contributed by atoms with E-state index < -0.39 is 35.8 Å². The summed E-state index contributed by atoms with van der Waals surface area (Å²) in [5.74, 6) is 0.369. The first kappa shape index (κ1) is 21.4. The Hall–Kier alpha value is -1.35. The Morgan fingerprint density at radius 1 is 1.14 bits per heavy atom. The van der Waals surface area contributed by atoms with Crippen molar-refractivity contribution in [3.05, 3.63) is 23.7 Å². The van der Waals surface area contributed by atoms with Crippen LogP contribution in [0.2, 0.25) is 0 Å². The van der Waals surface area contributed by atoms with Gasteiger partial charge in [-0.05, 0) is 51.9 Å². The zero-order valence-corrected chi connectivity index (χ0v) is 17.2. The molecule has 0 amide bonds. The highest BCUT2D eigenvalue weighted by Crippen LogP contribution is 2.46. The number of alkyl halides is 3. The second kappa shape index (κ2) is 6.59. The molecule has 1 aromatic rings. The maximum atomic E-state index is 15.0. The maximum absolute atomic E-state index is 15.0. The van der Waals surface area contributed by atoms with Crippen molar-refractivity contribution in [2.75, 3.05) is 0 Å². The molecular formula is C19H27BF4N2O2. The highest BCUT2D eigenvalue weighted by atomic mass is 19.4. The minimum absolute atomic E-state index is 0.264. The summed E-state index contributed by atoms with van der Waals surface area (Å²) in [4.78, 5) is 0. The molecule has 0 unspecified atom stereocenters. The van der Waals surface area contributed by atoms with Crippen molar-refractivity contribution in [3.63, 3.8) is 0 Å².